The molecule has 1 amide bonds. The molecule has 0 radical (unpaired) electrons. The number of guanidine groups is 1. The minimum absolute atomic E-state index is 0.212. The first-order valence-electron chi connectivity index (χ1n) is 9.38. The van der Waals surface area contributed by atoms with Crippen LogP contribution in [0, 0.1) is 0 Å². The van der Waals surface area contributed by atoms with Gasteiger partial charge >= 0.3 is 6.09 Å². The van der Waals surface area contributed by atoms with E-state index in [-0.39, 0.29) is 6.09 Å². The van der Waals surface area contributed by atoms with Gasteiger partial charge in [0.05, 0.1) is 13.2 Å². The molecule has 1 unspecified atom stereocenters. The normalized spacial score (nSPS) is 23.7. The predicted octanol–water partition coefficient (Wildman–Crippen LogP) is -0.0282. The Hall–Kier alpha value is -1.54. The van der Waals surface area contributed by atoms with E-state index in [0.29, 0.717) is 25.7 Å². The summed E-state index contributed by atoms with van der Waals surface area (Å²) < 4.78 is 5.09. The number of carbonyl (C=O) groups excluding carboxylic acids is 1. The van der Waals surface area contributed by atoms with Gasteiger partial charge in [-0.3, -0.25) is 9.89 Å². The molecule has 0 aromatic heterocycles. The van der Waals surface area contributed by atoms with E-state index >= 15 is 0 Å². The average molecular weight is 354 g/mol. The van der Waals surface area contributed by atoms with Crippen molar-refractivity contribution in [3.8, 4) is 0 Å². The van der Waals surface area contributed by atoms with Gasteiger partial charge in [-0.25, -0.2) is 4.79 Å². The molecule has 0 aromatic carbocycles. The van der Waals surface area contributed by atoms with E-state index in [9.17, 15) is 4.79 Å². The molecule has 8 nitrogen and oxygen atoms in total. The van der Waals surface area contributed by atoms with Crippen LogP contribution < -0.4 is 5.32 Å². The fraction of sp³-hybridized carbons (Fsp3) is 0.882. The van der Waals surface area contributed by atoms with E-state index in [1.807, 2.05) is 6.92 Å². The van der Waals surface area contributed by atoms with Gasteiger partial charge in [-0.15, -0.1) is 0 Å². The van der Waals surface area contributed by atoms with Crippen molar-refractivity contribution in [2.45, 2.75) is 19.9 Å². The van der Waals surface area contributed by atoms with Crippen molar-refractivity contribution < 1.29 is 9.53 Å². The molecule has 2 fully saturated rings. The van der Waals surface area contributed by atoms with Crippen molar-refractivity contribution in [2.75, 3.05) is 79.6 Å². The van der Waals surface area contributed by atoms with Crippen LogP contribution in [0.1, 0.15) is 13.8 Å². The van der Waals surface area contributed by atoms with Crippen molar-refractivity contribution in [1.29, 1.82) is 0 Å². The maximum absolute atomic E-state index is 11.8. The number of amides is 1. The highest BCUT2D eigenvalue weighted by Crippen LogP contribution is 2.08. The largest absolute Gasteiger partial charge is 0.450 e. The lowest BCUT2D eigenvalue weighted by molar-refractivity contribution is 0.0912. The van der Waals surface area contributed by atoms with Gasteiger partial charge in [0, 0.05) is 58.4 Å². The lowest BCUT2D eigenvalue weighted by Gasteiger charge is -2.38. The second-order valence-electron chi connectivity index (χ2n) is 6.76. The minimum atomic E-state index is -0.212. The Labute approximate surface area is 151 Å². The molecule has 1 atom stereocenters. The van der Waals surface area contributed by atoms with E-state index in [1.165, 1.54) is 0 Å². The highest BCUT2D eigenvalue weighted by atomic mass is 16.6. The standard InChI is InChI=1S/C17H34N6O2/c1-5-18-16(19-13-15-14-20(3)7-8-21(15)4)22-9-11-23(12-10-22)17(24)25-6-2/h15H,5-14H2,1-4H3,(H,18,19). The molecule has 0 aliphatic carbocycles. The Kier molecular flexibility index (Phi) is 7.77. The van der Waals surface area contributed by atoms with E-state index in [2.05, 4.69) is 41.0 Å². The molecule has 0 aromatic rings. The summed E-state index contributed by atoms with van der Waals surface area (Å²) in [6.45, 7) is 12.2. The van der Waals surface area contributed by atoms with Gasteiger partial charge in [0.2, 0.25) is 0 Å². The third-order valence-electron chi connectivity index (χ3n) is 4.87. The van der Waals surface area contributed by atoms with E-state index in [0.717, 1.165) is 51.8 Å². The molecule has 0 bridgehead atoms. The number of hydrogen-bond donors (Lipinski definition) is 1. The first kappa shape index (κ1) is 19.8. The van der Waals surface area contributed by atoms with E-state index < -0.39 is 0 Å². The zero-order chi connectivity index (χ0) is 18.2. The number of piperazine rings is 2. The molecule has 2 heterocycles. The van der Waals surface area contributed by atoms with Crippen molar-refractivity contribution in [3.63, 3.8) is 0 Å². The molecule has 0 spiro atoms. The summed E-state index contributed by atoms with van der Waals surface area (Å²) >= 11 is 0. The zero-order valence-corrected chi connectivity index (χ0v) is 16.2. The lowest BCUT2D eigenvalue weighted by Crippen LogP contribution is -2.55. The second-order valence-corrected chi connectivity index (χ2v) is 6.76. The van der Waals surface area contributed by atoms with Crippen LogP contribution >= 0.6 is 0 Å². The first-order valence-corrected chi connectivity index (χ1v) is 9.38. The smallest absolute Gasteiger partial charge is 0.409 e. The summed E-state index contributed by atoms with van der Waals surface area (Å²) in [7, 11) is 4.35. The highest BCUT2D eigenvalue weighted by molar-refractivity contribution is 5.80. The summed E-state index contributed by atoms with van der Waals surface area (Å²) in [6, 6.07) is 0.452. The van der Waals surface area contributed by atoms with Crippen LogP contribution in [0.25, 0.3) is 0 Å². The SMILES string of the molecule is CCNC(=NCC1CN(C)CCN1C)N1CCN(C(=O)OCC)CC1. The summed E-state index contributed by atoms with van der Waals surface area (Å²) in [6.07, 6.45) is -0.212. The number of aliphatic imine (C=N–C) groups is 1. The molecular formula is C17H34N6O2. The number of rotatable bonds is 4. The quantitative estimate of drug-likeness (QED) is 0.565. The van der Waals surface area contributed by atoms with Crippen molar-refractivity contribution in [3.05, 3.63) is 0 Å². The van der Waals surface area contributed by atoms with Crippen LogP contribution in [0.15, 0.2) is 4.99 Å². The summed E-state index contributed by atoms with van der Waals surface area (Å²) in [5.74, 6) is 0.952. The Morgan fingerprint density at radius 3 is 2.40 bits per heavy atom. The molecule has 0 saturated carbocycles. The summed E-state index contributed by atoms with van der Waals surface area (Å²) in [5, 5.41) is 3.40. The van der Waals surface area contributed by atoms with Gasteiger partial charge in [-0.05, 0) is 27.9 Å². The van der Waals surface area contributed by atoms with Crippen LogP contribution in [-0.2, 0) is 4.74 Å². The van der Waals surface area contributed by atoms with Crippen molar-refractivity contribution >= 4 is 12.1 Å². The number of carbonyl (C=O) groups is 1. The molecule has 25 heavy (non-hydrogen) atoms. The maximum atomic E-state index is 11.8. The third-order valence-corrected chi connectivity index (χ3v) is 4.87. The second kappa shape index (κ2) is 9.82. The summed E-state index contributed by atoms with van der Waals surface area (Å²) in [4.78, 5) is 25.5. The first-order chi connectivity index (χ1) is 12.0. The molecular weight excluding hydrogens is 320 g/mol. The van der Waals surface area contributed by atoms with E-state index in [1.54, 1.807) is 4.90 Å². The fourth-order valence-corrected chi connectivity index (χ4v) is 3.23. The van der Waals surface area contributed by atoms with E-state index in [4.69, 9.17) is 9.73 Å². The molecule has 1 N–H and O–H groups in total. The van der Waals surface area contributed by atoms with Gasteiger partial charge in [0.15, 0.2) is 5.96 Å². The monoisotopic (exact) mass is 354 g/mol. The molecule has 2 saturated heterocycles. The van der Waals surface area contributed by atoms with Crippen molar-refractivity contribution in [2.24, 2.45) is 4.99 Å². The fourth-order valence-electron chi connectivity index (χ4n) is 3.23. The van der Waals surface area contributed by atoms with Gasteiger partial charge in [-0.1, -0.05) is 0 Å². The molecule has 2 aliphatic rings. The van der Waals surface area contributed by atoms with Crippen LogP contribution in [0.2, 0.25) is 0 Å². The lowest BCUT2D eigenvalue weighted by atomic mass is 10.2. The van der Waals surface area contributed by atoms with Gasteiger partial charge < -0.3 is 24.8 Å². The molecule has 2 rings (SSSR count). The number of nitrogens with one attached hydrogen (secondary N) is 1. The molecule has 8 heteroatoms. The molecule has 144 valence electrons. The predicted molar refractivity (Wildman–Crippen MR) is 100 cm³/mol. The summed E-state index contributed by atoms with van der Waals surface area (Å²) in [5.41, 5.74) is 0. The number of likely N-dealkylation sites (N-methyl/N-ethyl adjacent to an activating group) is 2. The number of hydrogen-bond acceptors (Lipinski definition) is 5. The minimum Gasteiger partial charge on any atom is -0.450 e. The highest BCUT2D eigenvalue weighted by Gasteiger charge is 2.25. The average Bonchev–Trinajstić information content (AvgIpc) is 2.61. The van der Waals surface area contributed by atoms with Crippen molar-refractivity contribution in [1.82, 2.24) is 24.9 Å². The van der Waals surface area contributed by atoms with Crippen LogP contribution in [0.5, 0.6) is 0 Å². The maximum Gasteiger partial charge on any atom is 0.409 e. The molecule has 2 aliphatic heterocycles. The van der Waals surface area contributed by atoms with Crippen LogP contribution in [0.4, 0.5) is 4.79 Å². The van der Waals surface area contributed by atoms with Gasteiger partial charge in [0.1, 0.15) is 0 Å². The topological polar surface area (TPSA) is 63.7 Å². The van der Waals surface area contributed by atoms with Crippen LogP contribution in [-0.4, -0.2) is 117 Å². The zero-order valence-electron chi connectivity index (χ0n) is 16.2. The Bertz CT molecular complexity index is 450. The third kappa shape index (κ3) is 5.74. The van der Waals surface area contributed by atoms with Crippen LogP contribution in [0.3, 0.4) is 0 Å². The number of ether oxygens (including phenoxy) is 1. The van der Waals surface area contributed by atoms with Gasteiger partial charge in [-0.2, -0.15) is 0 Å². The van der Waals surface area contributed by atoms with Gasteiger partial charge in [0.25, 0.3) is 0 Å². The Morgan fingerprint density at radius 2 is 1.76 bits per heavy atom. The Balaban J connectivity index is 1.90. The Morgan fingerprint density at radius 1 is 1.08 bits per heavy atom. The number of nitrogens with zero attached hydrogens (tertiary/aromatic N) is 5.